The molecule has 1 aromatic rings. The molecule has 2 rings (SSSR count). The van der Waals surface area contributed by atoms with Gasteiger partial charge in [-0.1, -0.05) is 48.9 Å². The van der Waals surface area contributed by atoms with E-state index in [0.29, 0.717) is 0 Å². The summed E-state index contributed by atoms with van der Waals surface area (Å²) in [6.45, 7) is 3.28. The molecule has 1 heteroatoms. The van der Waals surface area contributed by atoms with Gasteiger partial charge in [0.2, 0.25) is 0 Å². The molecule has 1 nitrogen and oxygen atoms in total. The van der Waals surface area contributed by atoms with Gasteiger partial charge in [0.25, 0.3) is 0 Å². The lowest BCUT2D eigenvalue weighted by molar-refractivity contribution is 0.723. The van der Waals surface area contributed by atoms with E-state index in [4.69, 9.17) is 0 Å². The second kappa shape index (κ2) is 5.13. The van der Waals surface area contributed by atoms with Gasteiger partial charge in [-0.25, -0.2) is 0 Å². The third-order valence-corrected chi connectivity index (χ3v) is 2.82. The topological polar surface area (TPSA) is 12.0 Å². The van der Waals surface area contributed by atoms with Gasteiger partial charge < -0.3 is 5.32 Å². The van der Waals surface area contributed by atoms with Gasteiger partial charge in [0.05, 0.1) is 0 Å². The lowest BCUT2D eigenvalue weighted by Crippen LogP contribution is -2.18. The molecule has 1 fully saturated rings. The molecule has 1 saturated carbocycles. The fourth-order valence-electron chi connectivity index (χ4n) is 1.63. The molecule has 0 unspecified atom stereocenters. The van der Waals surface area contributed by atoms with E-state index in [1.165, 1.54) is 24.0 Å². The van der Waals surface area contributed by atoms with E-state index in [2.05, 4.69) is 48.6 Å². The first-order valence-electron chi connectivity index (χ1n) is 5.86. The Morgan fingerprint density at radius 3 is 2.67 bits per heavy atom. The molecule has 0 amide bonds. The van der Waals surface area contributed by atoms with Crippen LogP contribution in [0.5, 0.6) is 0 Å². The molecule has 0 heterocycles. The van der Waals surface area contributed by atoms with Gasteiger partial charge in [-0.15, -0.1) is 0 Å². The van der Waals surface area contributed by atoms with E-state index in [1.54, 1.807) is 0 Å². The first-order valence-corrected chi connectivity index (χ1v) is 5.86. The molecule has 0 bridgehead atoms. The molecule has 0 aliphatic heterocycles. The number of hydrogen-bond acceptors (Lipinski definition) is 1. The van der Waals surface area contributed by atoms with Gasteiger partial charge in [-0.2, -0.15) is 0 Å². The summed E-state index contributed by atoms with van der Waals surface area (Å²) >= 11 is 0. The van der Waals surface area contributed by atoms with E-state index in [1.807, 2.05) is 0 Å². The quantitative estimate of drug-likeness (QED) is 0.771. The molecule has 1 N–H and O–H groups in total. The second-order valence-corrected chi connectivity index (χ2v) is 4.22. The summed E-state index contributed by atoms with van der Waals surface area (Å²) in [6.07, 6.45) is 6.16. The van der Waals surface area contributed by atoms with Gasteiger partial charge in [0, 0.05) is 12.6 Å². The molecule has 1 aromatic carbocycles. The zero-order valence-electron chi connectivity index (χ0n) is 9.37. The van der Waals surface area contributed by atoms with Crippen LogP contribution in [-0.2, 0) is 0 Å². The fourth-order valence-corrected chi connectivity index (χ4v) is 1.63. The lowest BCUT2D eigenvalue weighted by atomic mass is 10.1. The van der Waals surface area contributed by atoms with E-state index < -0.39 is 0 Å². The molecule has 0 aromatic heterocycles. The van der Waals surface area contributed by atoms with Crippen molar-refractivity contribution < 1.29 is 0 Å². The molecule has 1 aliphatic rings. The standard InChI is InChI=1S/C14H19N/c1-2-12(11-15-14-8-9-14)10-13-6-4-3-5-7-13/h3-7,10,14-15H,2,8-9,11H2,1H3. The summed E-state index contributed by atoms with van der Waals surface area (Å²) in [6, 6.07) is 11.4. The largest absolute Gasteiger partial charge is 0.310 e. The predicted octanol–water partition coefficient (Wildman–Crippen LogP) is 3.23. The average molecular weight is 201 g/mol. The highest BCUT2D eigenvalue weighted by Gasteiger charge is 2.19. The van der Waals surface area contributed by atoms with Gasteiger partial charge in [-0.05, 0) is 24.8 Å². The Morgan fingerprint density at radius 2 is 2.07 bits per heavy atom. The van der Waals surface area contributed by atoms with Crippen LogP contribution in [0.2, 0.25) is 0 Å². The van der Waals surface area contributed by atoms with Gasteiger partial charge >= 0.3 is 0 Å². The third-order valence-electron chi connectivity index (χ3n) is 2.82. The Bertz CT molecular complexity index is 322. The molecule has 15 heavy (non-hydrogen) atoms. The van der Waals surface area contributed by atoms with Gasteiger partial charge in [-0.3, -0.25) is 0 Å². The minimum atomic E-state index is 0.802. The van der Waals surface area contributed by atoms with Crippen molar-refractivity contribution >= 4 is 6.08 Å². The van der Waals surface area contributed by atoms with Crippen LogP contribution in [0.4, 0.5) is 0 Å². The molecule has 80 valence electrons. The average Bonchev–Trinajstić information content (AvgIpc) is 3.09. The zero-order valence-corrected chi connectivity index (χ0v) is 9.37. The smallest absolute Gasteiger partial charge is 0.0170 e. The van der Waals surface area contributed by atoms with Crippen LogP contribution in [0.3, 0.4) is 0 Å². The second-order valence-electron chi connectivity index (χ2n) is 4.22. The van der Waals surface area contributed by atoms with Crippen LogP contribution in [0.25, 0.3) is 6.08 Å². The SMILES string of the molecule is CCC(=Cc1ccccc1)CNC1CC1. The third kappa shape index (κ3) is 3.52. The molecule has 0 saturated heterocycles. The Kier molecular flexibility index (Phi) is 3.57. The minimum Gasteiger partial charge on any atom is -0.310 e. The van der Waals surface area contributed by atoms with Crippen molar-refractivity contribution in [3.8, 4) is 0 Å². The number of nitrogens with one attached hydrogen (secondary N) is 1. The summed E-state index contributed by atoms with van der Waals surface area (Å²) in [5, 5.41) is 3.56. The van der Waals surface area contributed by atoms with Crippen LogP contribution < -0.4 is 5.32 Å². The molecule has 0 atom stereocenters. The Morgan fingerprint density at radius 1 is 1.33 bits per heavy atom. The summed E-state index contributed by atoms with van der Waals surface area (Å²) in [4.78, 5) is 0. The Balaban J connectivity index is 1.94. The highest BCUT2D eigenvalue weighted by molar-refractivity contribution is 5.52. The van der Waals surface area contributed by atoms with Crippen LogP contribution >= 0.6 is 0 Å². The van der Waals surface area contributed by atoms with Crippen molar-refractivity contribution in [2.75, 3.05) is 6.54 Å². The van der Waals surface area contributed by atoms with Crippen LogP contribution in [0, 0.1) is 0 Å². The summed E-state index contributed by atoms with van der Waals surface area (Å²) in [7, 11) is 0. The lowest BCUT2D eigenvalue weighted by Gasteiger charge is -2.06. The monoisotopic (exact) mass is 201 g/mol. The molecular weight excluding hydrogens is 182 g/mol. The van der Waals surface area contributed by atoms with E-state index >= 15 is 0 Å². The van der Waals surface area contributed by atoms with E-state index in [0.717, 1.165) is 19.0 Å². The maximum Gasteiger partial charge on any atom is 0.0170 e. The van der Waals surface area contributed by atoms with Crippen LogP contribution in [0.1, 0.15) is 31.7 Å². The fraction of sp³-hybridized carbons (Fsp3) is 0.429. The highest BCUT2D eigenvalue weighted by Crippen LogP contribution is 2.19. The van der Waals surface area contributed by atoms with Gasteiger partial charge in [0.15, 0.2) is 0 Å². The van der Waals surface area contributed by atoms with Crippen molar-refractivity contribution in [1.82, 2.24) is 5.32 Å². The van der Waals surface area contributed by atoms with Crippen molar-refractivity contribution in [2.45, 2.75) is 32.2 Å². The molecule has 1 aliphatic carbocycles. The number of benzene rings is 1. The van der Waals surface area contributed by atoms with Crippen LogP contribution in [-0.4, -0.2) is 12.6 Å². The molecular formula is C14H19N. The normalized spacial score (nSPS) is 16.7. The first-order chi connectivity index (χ1) is 7.38. The maximum atomic E-state index is 3.56. The van der Waals surface area contributed by atoms with Gasteiger partial charge in [0.1, 0.15) is 0 Å². The summed E-state index contributed by atoms with van der Waals surface area (Å²) in [5.41, 5.74) is 2.81. The Labute approximate surface area is 92.2 Å². The minimum absolute atomic E-state index is 0.802. The van der Waals surface area contributed by atoms with Crippen LogP contribution in [0.15, 0.2) is 35.9 Å². The predicted molar refractivity (Wildman–Crippen MR) is 65.7 cm³/mol. The van der Waals surface area contributed by atoms with Crippen molar-refractivity contribution in [3.05, 3.63) is 41.5 Å². The Hall–Kier alpha value is -1.08. The summed E-state index contributed by atoms with van der Waals surface area (Å²) < 4.78 is 0. The maximum absolute atomic E-state index is 3.56. The van der Waals surface area contributed by atoms with Crippen molar-refractivity contribution in [1.29, 1.82) is 0 Å². The number of hydrogen-bond donors (Lipinski definition) is 1. The van der Waals surface area contributed by atoms with E-state index in [9.17, 15) is 0 Å². The van der Waals surface area contributed by atoms with Crippen molar-refractivity contribution in [2.24, 2.45) is 0 Å². The molecule has 0 radical (unpaired) electrons. The summed E-state index contributed by atoms with van der Waals surface area (Å²) in [5.74, 6) is 0. The highest BCUT2D eigenvalue weighted by atomic mass is 14.9. The zero-order chi connectivity index (χ0) is 10.5. The number of rotatable bonds is 5. The first kappa shape index (κ1) is 10.4. The van der Waals surface area contributed by atoms with E-state index in [-0.39, 0.29) is 0 Å². The van der Waals surface area contributed by atoms with Crippen molar-refractivity contribution in [3.63, 3.8) is 0 Å². The molecule has 0 spiro atoms.